The van der Waals surface area contributed by atoms with Gasteiger partial charge in [0.1, 0.15) is 5.92 Å². The third-order valence-corrected chi connectivity index (χ3v) is 4.31. The standard InChI is InChI=1S/C16H26N2O3/c1-5-20-16(19)13(10(2)3)15-17-14(18-21-15)12-8-6-11(4)7-9-12/h10-13H,5-9H2,1-4H3. The lowest BCUT2D eigenvalue weighted by atomic mass is 9.83. The molecule has 0 amide bonds. The number of hydrogen-bond acceptors (Lipinski definition) is 5. The Morgan fingerprint density at radius 1 is 1.33 bits per heavy atom. The van der Waals surface area contributed by atoms with Crippen LogP contribution in [0.1, 0.15) is 76.9 Å². The van der Waals surface area contributed by atoms with E-state index in [1.165, 1.54) is 12.8 Å². The maximum Gasteiger partial charge on any atom is 0.318 e. The van der Waals surface area contributed by atoms with Crippen molar-refractivity contribution in [1.82, 2.24) is 10.1 Å². The van der Waals surface area contributed by atoms with Crippen molar-refractivity contribution in [3.63, 3.8) is 0 Å². The highest BCUT2D eigenvalue weighted by molar-refractivity contribution is 5.77. The van der Waals surface area contributed by atoms with Gasteiger partial charge in [-0.25, -0.2) is 0 Å². The molecule has 118 valence electrons. The topological polar surface area (TPSA) is 65.2 Å². The highest BCUT2D eigenvalue weighted by atomic mass is 16.5. The van der Waals surface area contributed by atoms with Crippen molar-refractivity contribution in [3.8, 4) is 0 Å². The Bertz CT molecular complexity index is 462. The van der Waals surface area contributed by atoms with Gasteiger partial charge in [0.15, 0.2) is 5.82 Å². The van der Waals surface area contributed by atoms with Gasteiger partial charge in [-0.1, -0.05) is 38.8 Å². The molecule has 1 aliphatic carbocycles. The zero-order chi connectivity index (χ0) is 15.4. The first-order valence-electron chi connectivity index (χ1n) is 8.03. The Morgan fingerprint density at radius 2 is 2.00 bits per heavy atom. The summed E-state index contributed by atoms with van der Waals surface area (Å²) in [5.74, 6) is 1.64. The van der Waals surface area contributed by atoms with E-state index in [2.05, 4.69) is 17.1 Å². The molecule has 0 N–H and O–H groups in total. The number of hydrogen-bond donors (Lipinski definition) is 0. The van der Waals surface area contributed by atoms with E-state index in [0.717, 1.165) is 24.6 Å². The van der Waals surface area contributed by atoms with Crippen LogP contribution in [-0.2, 0) is 9.53 Å². The molecule has 1 aromatic heterocycles. The van der Waals surface area contributed by atoms with E-state index < -0.39 is 5.92 Å². The largest absolute Gasteiger partial charge is 0.465 e. The minimum Gasteiger partial charge on any atom is -0.465 e. The number of ether oxygens (including phenoxy) is 1. The quantitative estimate of drug-likeness (QED) is 0.775. The number of aromatic nitrogens is 2. The fourth-order valence-corrected chi connectivity index (χ4v) is 2.95. The van der Waals surface area contributed by atoms with E-state index in [1.807, 2.05) is 13.8 Å². The van der Waals surface area contributed by atoms with Crippen molar-refractivity contribution >= 4 is 5.97 Å². The van der Waals surface area contributed by atoms with Crippen molar-refractivity contribution in [2.24, 2.45) is 11.8 Å². The molecule has 1 heterocycles. The molecule has 1 unspecified atom stereocenters. The van der Waals surface area contributed by atoms with Crippen LogP contribution in [0.2, 0.25) is 0 Å². The molecule has 0 spiro atoms. The highest BCUT2D eigenvalue weighted by Gasteiger charge is 2.32. The summed E-state index contributed by atoms with van der Waals surface area (Å²) in [6, 6.07) is 0. The smallest absolute Gasteiger partial charge is 0.318 e. The van der Waals surface area contributed by atoms with Crippen LogP contribution >= 0.6 is 0 Å². The molecule has 5 nitrogen and oxygen atoms in total. The minimum absolute atomic E-state index is 0.0729. The van der Waals surface area contributed by atoms with Crippen LogP contribution in [0, 0.1) is 11.8 Å². The molecular weight excluding hydrogens is 268 g/mol. The summed E-state index contributed by atoms with van der Waals surface area (Å²) in [4.78, 5) is 16.6. The zero-order valence-electron chi connectivity index (χ0n) is 13.5. The van der Waals surface area contributed by atoms with Gasteiger partial charge in [0.05, 0.1) is 6.61 Å². The molecule has 0 saturated heterocycles. The second-order valence-electron chi connectivity index (χ2n) is 6.42. The Kier molecular flexibility index (Phi) is 5.37. The average molecular weight is 294 g/mol. The van der Waals surface area contributed by atoms with Gasteiger partial charge < -0.3 is 9.26 Å². The Balaban J connectivity index is 2.11. The molecule has 1 fully saturated rings. The summed E-state index contributed by atoms with van der Waals surface area (Å²) in [5, 5.41) is 4.12. The summed E-state index contributed by atoms with van der Waals surface area (Å²) in [6.07, 6.45) is 4.62. The van der Waals surface area contributed by atoms with Gasteiger partial charge in [-0.2, -0.15) is 4.98 Å². The lowest BCUT2D eigenvalue weighted by molar-refractivity contribution is -0.146. The molecule has 0 aromatic carbocycles. The molecule has 21 heavy (non-hydrogen) atoms. The fourth-order valence-electron chi connectivity index (χ4n) is 2.95. The predicted octanol–water partition coefficient (Wildman–Crippen LogP) is 3.67. The van der Waals surface area contributed by atoms with Gasteiger partial charge in [0.25, 0.3) is 0 Å². The van der Waals surface area contributed by atoms with Gasteiger partial charge in [-0.05, 0) is 31.6 Å². The van der Waals surface area contributed by atoms with E-state index in [-0.39, 0.29) is 11.9 Å². The lowest BCUT2D eigenvalue weighted by Gasteiger charge is -2.23. The number of carbonyl (C=O) groups excluding carboxylic acids is 1. The summed E-state index contributed by atoms with van der Waals surface area (Å²) in [5.41, 5.74) is 0. The van der Waals surface area contributed by atoms with Crippen molar-refractivity contribution in [2.45, 2.75) is 65.2 Å². The normalized spacial score (nSPS) is 24.0. The van der Waals surface area contributed by atoms with E-state index in [0.29, 0.717) is 18.4 Å². The Hall–Kier alpha value is -1.39. The summed E-state index contributed by atoms with van der Waals surface area (Å²) in [6.45, 7) is 8.39. The molecule has 0 aliphatic heterocycles. The van der Waals surface area contributed by atoms with Gasteiger partial charge in [-0.3, -0.25) is 4.79 Å². The fraction of sp³-hybridized carbons (Fsp3) is 0.812. The van der Waals surface area contributed by atoms with E-state index >= 15 is 0 Å². The van der Waals surface area contributed by atoms with Crippen LogP contribution < -0.4 is 0 Å². The van der Waals surface area contributed by atoms with E-state index in [4.69, 9.17) is 9.26 Å². The van der Waals surface area contributed by atoms with Crippen LogP contribution in [0.4, 0.5) is 0 Å². The van der Waals surface area contributed by atoms with Crippen molar-refractivity contribution in [2.75, 3.05) is 6.61 Å². The summed E-state index contributed by atoms with van der Waals surface area (Å²) < 4.78 is 10.5. The number of rotatable bonds is 5. The second-order valence-corrected chi connectivity index (χ2v) is 6.42. The van der Waals surface area contributed by atoms with Gasteiger partial charge in [0, 0.05) is 5.92 Å². The molecular formula is C16H26N2O3. The highest BCUT2D eigenvalue weighted by Crippen LogP contribution is 2.35. The van der Waals surface area contributed by atoms with Crippen LogP contribution in [-0.4, -0.2) is 22.7 Å². The third kappa shape index (κ3) is 3.83. The maximum absolute atomic E-state index is 12.1. The van der Waals surface area contributed by atoms with Gasteiger partial charge >= 0.3 is 5.97 Å². The number of nitrogens with zero attached hydrogens (tertiary/aromatic N) is 2. The average Bonchev–Trinajstić information content (AvgIpc) is 2.89. The lowest BCUT2D eigenvalue weighted by Crippen LogP contribution is -2.21. The van der Waals surface area contributed by atoms with Crippen LogP contribution in [0.3, 0.4) is 0 Å². The molecule has 0 bridgehead atoms. The predicted molar refractivity (Wildman–Crippen MR) is 78.9 cm³/mol. The molecule has 2 rings (SSSR count). The first-order valence-corrected chi connectivity index (χ1v) is 8.03. The monoisotopic (exact) mass is 294 g/mol. The second kappa shape index (κ2) is 7.05. The third-order valence-electron chi connectivity index (χ3n) is 4.31. The van der Waals surface area contributed by atoms with Crippen LogP contribution in [0.5, 0.6) is 0 Å². The van der Waals surface area contributed by atoms with Crippen molar-refractivity contribution in [3.05, 3.63) is 11.7 Å². The van der Waals surface area contributed by atoms with Crippen LogP contribution in [0.25, 0.3) is 0 Å². The first kappa shape index (κ1) is 16.0. The number of carbonyl (C=O) groups is 1. The van der Waals surface area contributed by atoms with Crippen molar-refractivity contribution < 1.29 is 14.1 Å². The van der Waals surface area contributed by atoms with Gasteiger partial charge in [-0.15, -0.1) is 0 Å². The van der Waals surface area contributed by atoms with Gasteiger partial charge in [0.2, 0.25) is 5.89 Å². The molecule has 0 radical (unpaired) electrons. The molecule has 1 saturated carbocycles. The minimum atomic E-state index is -0.464. The van der Waals surface area contributed by atoms with E-state index in [9.17, 15) is 4.79 Å². The SMILES string of the molecule is CCOC(=O)C(c1nc(C2CCC(C)CC2)no1)C(C)C. The summed E-state index contributed by atoms with van der Waals surface area (Å²) >= 11 is 0. The van der Waals surface area contributed by atoms with E-state index in [1.54, 1.807) is 6.92 Å². The van der Waals surface area contributed by atoms with Crippen molar-refractivity contribution in [1.29, 1.82) is 0 Å². The Labute approximate surface area is 126 Å². The summed E-state index contributed by atoms with van der Waals surface area (Å²) in [7, 11) is 0. The maximum atomic E-state index is 12.1. The first-order chi connectivity index (χ1) is 10.0. The molecule has 1 atom stereocenters. The molecule has 1 aliphatic rings. The molecule has 1 aromatic rings. The van der Waals surface area contributed by atoms with Crippen LogP contribution in [0.15, 0.2) is 4.52 Å². The zero-order valence-corrected chi connectivity index (χ0v) is 13.5. The number of esters is 1. The molecule has 5 heteroatoms. The Morgan fingerprint density at radius 3 is 2.57 bits per heavy atom.